The van der Waals surface area contributed by atoms with E-state index in [1.165, 1.54) is 0 Å². The highest BCUT2D eigenvalue weighted by Crippen LogP contribution is 2.33. The Bertz CT molecular complexity index is 502. The summed E-state index contributed by atoms with van der Waals surface area (Å²) in [4.78, 5) is 19.8. The summed E-state index contributed by atoms with van der Waals surface area (Å²) >= 11 is 5.74. The number of rotatable bonds is 2. The quantitative estimate of drug-likeness (QED) is 0.495. The zero-order chi connectivity index (χ0) is 14.2. The number of ether oxygens (including phenoxy) is 1. The van der Waals surface area contributed by atoms with E-state index in [4.69, 9.17) is 22.1 Å². The molecular formula is C10H14ClN5O3. The van der Waals surface area contributed by atoms with Gasteiger partial charge in [0.25, 0.3) is 0 Å². The van der Waals surface area contributed by atoms with Crippen molar-refractivity contribution < 1.29 is 9.66 Å². The molecule has 0 saturated carbocycles. The van der Waals surface area contributed by atoms with Crippen LogP contribution in [0.5, 0.6) is 0 Å². The third-order valence-electron chi connectivity index (χ3n) is 2.77. The largest absolute Gasteiger partial charge is 0.378 e. The van der Waals surface area contributed by atoms with Crippen LogP contribution in [0.2, 0.25) is 5.28 Å². The van der Waals surface area contributed by atoms with Crippen LogP contribution in [0.25, 0.3) is 0 Å². The third-order valence-corrected chi connectivity index (χ3v) is 2.94. The lowest BCUT2D eigenvalue weighted by Gasteiger charge is -2.35. The Morgan fingerprint density at radius 1 is 1.42 bits per heavy atom. The highest BCUT2D eigenvalue weighted by Gasteiger charge is 2.31. The van der Waals surface area contributed by atoms with Crippen LogP contribution in [0.1, 0.15) is 13.8 Å². The number of hydrogen-bond donors (Lipinski definition) is 1. The minimum Gasteiger partial charge on any atom is -0.378 e. The average molecular weight is 288 g/mol. The second-order valence-corrected chi connectivity index (χ2v) is 4.81. The molecule has 0 radical (unpaired) electrons. The first-order chi connectivity index (χ1) is 8.88. The van der Waals surface area contributed by atoms with Crippen LogP contribution in [-0.2, 0) is 4.74 Å². The van der Waals surface area contributed by atoms with Gasteiger partial charge >= 0.3 is 5.69 Å². The lowest BCUT2D eigenvalue weighted by atomic mass is 10.2. The minimum atomic E-state index is -0.591. The van der Waals surface area contributed by atoms with Crippen molar-refractivity contribution in [3.63, 3.8) is 0 Å². The van der Waals surface area contributed by atoms with E-state index in [-0.39, 0.29) is 34.8 Å². The van der Waals surface area contributed by atoms with Gasteiger partial charge in [-0.05, 0) is 25.4 Å². The number of halogens is 1. The van der Waals surface area contributed by atoms with Crippen molar-refractivity contribution in [3.8, 4) is 0 Å². The molecule has 2 heterocycles. The normalized spacial score (nSPS) is 23.4. The van der Waals surface area contributed by atoms with Gasteiger partial charge in [-0.25, -0.2) is 0 Å². The number of nitrogen functional groups attached to an aromatic ring is 1. The van der Waals surface area contributed by atoms with Gasteiger partial charge in [-0.3, -0.25) is 10.1 Å². The van der Waals surface area contributed by atoms with Crippen molar-refractivity contribution in [2.45, 2.75) is 26.1 Å². The maximum Gasteiger partial charge on any atom is 0.353 e. The van der Waals surface area contributed by atoms with Gasteiger partial charge in [0.05, 0.1) is 17.1 Å². The summed E-state index contributed by atoms with van der Waals surface area (Å²) in [5, 5.41) is 11.0. The number of aromatic nitrogens is 2. The summed E-state index contributed by atoms with van der Waals surface area (Å²) in [5.41, 5.74) is 5.25. The van der Waals surface area contributed by atoms with Crippen LogP contribution in [-0.4, -0.2) is 40.2 Å². The molecule has 2 rings (SSSR count). The van der Waals surface area contributed by atoms with Gasteiger partial charge in [0, 0.05) is 13.1 Å². The molecule has 0 aliphatic carbocycles. The minimum absolute atomic E-state index is 0.0571. The average Bonchev–Trinajstić information content (AvgIpc) is 2.25. The van der Waals surface area contributed by atoms with E-state index in [2.05, 4.69) is 9.97 Å². The Labute approximate surface area is 114 Å². The summed E-state index contributed by atoms with van der Waals surface area (Å²) in [5.74, 6) is -0.0868. The Hall–Kier alpha value is -1.67. The second kappa shape index (κ2) is 5.14. The van der Waals surface area contributed by atoms with Crippen molar-refractivity contribution in [1.82, 2.24) is 9.97 Å². The van der Waals surface area contributed by atoms with Crippen molar-refractivity contribution >= 4 is 28.9 Å². The van der Waals surface area contributed by atoms with E-state index in [0.29, 0.717) is 13.1 Å². The molecule has 0 bridgehead atoms. The molecule has 1 aliphatic heterocycles. The summed E-state index contributed by atoms with van der Waals surface area (Å²) in [7, 11) is 0. The first kappa shape index (κ1) is 13.8. The van der Waals surface area contributed by atoms with Crippen LogP contribution in [0, 0.1) is 10.1 Å². The van der Waals surface area contributed by atoms with E-state index < -0.39 is 4.92 Å². The van der Waals surface area contributed by atoms with Crippen LogP contribution >= 0.6 is 11.6 Å². The molecular weight excluding hydrogens is 274 g/mol. The van der Waals surface area contributed by atoms with Crippen molar-refractivity contribution in [3.05, 3.63) is 15.4 Å². The molecule has 2 N–H and O–H groups in total. The van der Waals surface area contributed by atoms with Gasteiger partial charge in [-0.15, -0.1) is 0 Å². The zero-order valence-corrected chi connectivity index (χ0v) is 11.3. The Morgan fingerprint density at radius 3 is 2.53 bits per heavy atom. The SMILES string of the molecule is C[C@@H]1CN(c2nc(Cl)nc(N)c2[N+](=O)[O-])C[C@@H](C)O1. The van der Waals surface area contributed by atoms with Crippen LogP contribution in [0.15, 0.2) is 0 Å². The van der Waals surface area contributed by atoms with Gasteiger partial charge in [0.15, 0.2) is 0 Å². The van der Waals surface area contributed by atoms with E-state index in [0.717, 1.165) is 0 Å². The van der Waals surface area contributed by atoms with Gasteiger partial charge in [-0.2, -0.15) is 9.97 Å². The maximum atomic E-state index is 11.1. The van der Waals surface area contributed by atoms with Crippen molar-refractivity contribution in [2.24, 2.45) is 0 Å². The second-order valence-electron chi connectivity index (χ2n) is 4.47. The smallest absolute Gasteiger partial charge is 0.353 e. The standard InChI is InChI=1S/C10H14ClN5O3/c1-5-3-15(4-6(2)19-5)9-7(16(17)18)8(12)13-10(11)14-9/h5-6H,3-4H2,1-2H3,(H2,12,13,14)/t5-,6-/m1/s1. The molecule has 1 aromatic heterocycles. The zero-order valence-electron chi connectivity index (χ0n) is 10.5. The predicted octanol–water partition coefficient (Wildman–Crippen LogP) is 1.23. The molecule has 19 heavy (non-hydrogen) atoms. The lowest BCUT2D eigenvalue weighted by Crippen LogP contribution is -2.46. The first-order valence-corrected chi connectivity index (χ1v) is 6.14. The van der Waals surface area contributed by atoms with E-state index in [1.54, 1.807) is 4.90 Å². The maximum absolute atomic E-state index is 11.1. The Morgan fingerprint density at radius 2 is 2.00 bits per heavy atom. The highest BCUT2D eigenvalue weighted by atomic mass is 35.5. The van der Waals surface area contributed by atoms with Crippen molar-refractivity contribution in [2.75, 3.05) is 23.7 Å². The van der Waals surface area contributed by atoms with Gasteiger partial charge in [0.2, 0.25) is 16.9 Å². The molecule has 1 aliphatic rings. The van der Waals surface area contributed by atoms with E-state index >= 15 is 0 Å². The summed E-state index contributed by atoms with van der Waals surface area (Å²) < 4.78 is 5.58. The number of nitrogens with zero attached hydrogens (tertiary/aromatic N) is 4. The molecule has 1 saturated heterocycles. The Balaban J connectivity index is 2.45. The van der Waals surface area contributed by atoms with E-state index in [1.807, 2.05) is 13.8 Å². The molecule has 1 fully saturated rings. The predicted molar refractivity (Wildman–Crippen MR) is 70.3 cm³/mol. The molecule has 0 unspecified atom stereocenters. The molecule has 0 spiro atoms. The molecule has 8 nitrogen and oxygen atoms in total. The fourth-order valence-corrected chi connectivity index (χ4v) is 2.35. The lowest BCUT2D eigenvalue weighted by molar-refractivity contribution is -0.383. The Kier molecular flexibility index (Phi) is 3.72. The summed E-state index contributed by atoms with van der Waals surface area (Å²) in [6.07, 6.45) is -0.114. The fraction of sp³-hybridized carbons (Fsp3) is 0.600. The molecule has 0 amide bonds. The van der Waals surface area contributed by atoms with Gasteiger partial charge in [0.1, 0.15) is 0 Å². The molecule has 0 aromatic carbocycles. The summed E-state index contributed by atoms with van der Waals surface area (Å²) in [6, 6.07) is 0. The monoisotopic (exact) mass is 287 g/mol. The van der Waals surface area contributed by atoms with Gasteiger partial charge < -0.3 is 15.4 Å². The van der Waals surface area contributed by atoms with Crippen LogP contribution in [0.4, 0.5) is 17.3 Å². The third kappa shape index (κ3) is 2.85. The topological polar surface area (TPSA) is 107 Å². The molecule has 104 valence electrons. The number of nitrogens with two attached hydrogens (primary N) is 1. The number of nitro groups is 1. The van der Waals surface area contributed by atoms with Crippen molar-refractivity contribution in [1.29, 1.82) is 0 Å². The first-order valence-electron chi connectivity index (χ1n) is 5.76. The molecule has 1 aromatic rings. The van der Waals surface area contributed by atoms with Crippen LogP contribution in [0.3, 0.4) is 0 Å². The molecule has 2 atom stereocenters. The summed E-state index contributed by atoms with van der Waals surface area (Å²) in [6.45, 7) is 4.75. The number of morpholine rings is 1. The highest BCUT2D eigenvalue weighted by molar-refractivity contribution is 6.28. The number of anilines is 2. The molecule has 9 heteroatoms. The van der Waals surface area contributed by atoms with Gasteiger partial charge in [-0.1, -0.05) is 0 Å². The number of hydrogen-bond acceptors (Lipinski definition) is 7. The van der Waals surface area contributed by atoms with E-state index in [9.17, 15) is 10.1 Å². The fourth-order valence-electron chi connectivity index (χ4n) is 2.18. The van der Waals surface area contributed by atoms with Crippen LogP contribution < -0.4 is 10.6 Å².